The van der Waals surface area contributed by atoms with Gasteiger partial charge in [-0.3, -0.25) is 0 Å². The number of rotatable bonds is 5. The summed E-state index contributed by atoms with van der Waals surface area (Å²) in [6.07, 6.45) is 1.79. The number of methoxy groups -OCH3 is 2. The summed E-state index contributed by atoms with van der Waals surface area (Å²) in [5, 5.41) is 0.741. The van der Waals surface area contributed by atoms with Gasteiger partial charge >= 0.3 is 0 Å². The van der Waals surface area contributed by atoms with E-state index in [1.54, 1.807) is 32.2 Å². The number of nitrogens with zero attached hydrogens (tertiary/aromatic N) is 3. The molecule has 0 radical (unpaired) electrons. The zero-order valence-electron chi connectivity index (χ0n) is 14.2. The number of benzene rings is 1. The molecule has 0 aliphatic carbocycles. The Morgan fingerprint density at radius 3 is 2.64 bits per heavy atom. The van der Waals surface area contributed by atoms with Gasteiger partial charge in [-0.15, -0.1) is 11.8 Å². The maximum atomic E-state index is 6.00. The minimum absolute atomic E-state index is 0.125. The van der Waals surface area contributed by atoms with Gasteiger partial charge in [0.05, 0.1) is 24.5 Å². The second-order valence-electron chi connectivity index (χ2n) is 5.38. The maximum Gasteiger partial charge on any atom is 0.224 e. The van der Waals surface area contributed by atoms with Gasteiger partial charge in [0, 0.05) is 11.9 Å². The Kier molecular flexibility index (Phi) is 4.80. The molecular formula is C17H19N5O2S. The second-order valence-corrected chi connectivity index (χ2v) is 6.40. The summed E-state index contributed by atoms with van der Waals surface area (Å²) in [4.78, 5) is 13.5. The van der Waals surface area contributed by atoms with Crippen LogP contribution in [0.5, 0.6) is 11.5 Å². The normalized spacial score (nSPS) is 10.8. The Morgan fingerprint density at radius 1 is 1.12 bits per heavy atom. The number of aryl methyl sites for hydroxylation is 1. The van der Waals surface area contributed by atoms with Gasteiger partial charge in [0.15, 0.2) is 5.65 Å². The molecule has 0 saturated carbocycles. The molecule has 1 aromatic carbocycles. The van der Waals surface area contributed by atoms with Gasteiger partial charge in [-0.1, -0.05) is 0 Å². The highest BCUT2D eigenvalue weighted by Crippen LogP contribution is 2.36. The average molecular weight is 357 g/mol. The minimum atomic E-state index is 0.125. The first-order valence-corrected chi connectivity index (χ1v) is 8.54. The number of nitrogen functional groups attached to an aromatic ring is 2. The quantitative estimate of drug-likeness (QED) is 0.671. The number of hydrogen-bond donors (Lipinski definition) is 2. The van der Waals surface area contributed by atoms with Crippen LogP contribution in [-0.2, 0) is 5.75 Å². The summed E-state index contributed by atoms with van der Waals surface area (Å²) in [6.45, 7) is 1.98. The van der Waals surface area contributed by atoms with Crippen LogP contribution in [0.2, 0.25) is 0 Å². The molecular weight excluding hydrogens is 338 g/mol. The van der Waals surface area contributed by atoms with Gasteiger partial charge < -0.3 is 20.9 Å². The lowest BCUT2D eigenvalue weighted by Gasteiger charge is -2.12. The van der Waals surface area contributed by atoms with Crippen molar-refractivity contribution < 1.29 is 9.47 Å². The molecule has 0 fully saturated rings. The molecule has 0 amide bonds. The molecule has 7 nitrogen and oxygen atoms in total. The van der Waals surface area contributed by atoms with Crippen molar-refractivity contribution in [2.75, 3.05) is 25.7 Å². The Labute approximate surface area is 149 Å². The van der Waals surface area contributed by atoms with Gasteiger partial charge in [-0.25, -0.2) is 4.98 Å². The van der Waals surface area contributed by atoms with Crippen molar-refractivity contribution in [2.24, 2.45) is 0 Å². The molecule has 0 spiro atoms. The summed E-state index contributed by atoms with van der Waals surface area (Å²) >= 11 is 1.63. The summed E-state index contributed by atoms with van der Waals surface area (Å²) in [6, 6.07) is 5.71. The second kappa shape index (κ2) is 7.02. The summed E-state index contributed by atoms with van der Waals surface area (Å²) in [7, 11) is 3.29. The van der Waals surface area contributed by atoms with E-state index in [0.717, 1.165) is 32.9 Å². The molecule has 0 aliphatic heterocycles. The number of aromatic nitrogens is 3. The molecule has 0 atom stereocenters. The van der Waals surface area contributed by atoms with Crippen LogP contribution in [0.25, 0.3) is 11.0 Å². The number of thioether (sulfide) groups is 1. The van der Waals surface area contributed by atoms with Crippen LogP contribution in [0.3, 0.4) is 0 Å². The highest BCUT2D eigenvalue weighted by Gasteiger charge is 2.13. The lowest BCUT2D eigenvalue weighted by Crippen LogP contribution is -2.04. The zero-order chi connectivity index (χ0) is 18.0. The number of hydrogen-bond acceptors (Lipinski definition) is 8. The van der Waals surface area contributed by atoms with Crippen LogP contribution in [0, 0.1) is 6.92 Å². The van der Waals surface area contributed by atoms with Gasteiger partial charge in [0.2, 0.25) is 5.95 Å². The molecule has 0 bridgehead atoms. The lowest BCUT2D eigenvalue weighted by molar-refractivity contribution is 0.394. The molecule has 8 heteroatoms. The molecule has 0 saturated heterocycles. The molecule has 25 heavy (non-hydrogen) atoms. The van der Waals surface area contributed by atoms with E-state index in [1.165, 1.54) is 0 Å². The average Bonchev–Trinajstić information content (AvgIpc) is 2.60. The van der Waals surface area contributed by atoms with E-state index < -0.39 is 0 Å². The fraction of sp³-hybridized carbons (Fsp3) is 0.235. The lowest BCUT2D eigenvalue weighted by atomic mass is 10.1. The van der Waals surface area contributed by atoms with Gasteiger partial charge in [-0.2, -0.15) is 9.97 Å². The third kappa shape index (κ3) is 3.39. The smallest absolute Gasteiger partial charge is 0.224 e. The number of pyridine rings is 1. The fourth-order valence-corrected chi connectivity index (χ4v) is 3.63. The van der Waals surface area contributed by atoms with E-state index >= 15 is 0 Å². The first-order chi connectivity index (χ1) is 12.0. The van der Waals surface area contributed by atoms with Crippen molar-refractivity contribution in [2.45, 2.75) is 17.6 Å². The summed E-state index contributed by atoms with van der Waals surface area (Å²) in [5.74, 6) is 2.75. The predicted octanol–water partition coefficient (Wildman–Crippen LogP) is 2.81. The molecule has 2 heterocycles. The highest BCUT2D eigenvalue weighted by molar-refractivity contribution is 7.98. The monoisotopic (exact) mass is 357 g/mol. The Morgan fingerprint density at radius 2 is 1.92 bits per heavy atom. The molecule has 0 aliphatic rings. The van der Waals surface area contributed by atoms with Crippen LogP contribution < -0.4 is 20.9 Å². The van der Waals surface area contributed by atoms with Crippen molar-refractivity contribution in [1.29, 1.82) is 0 Å². The standard InChI is InChI=1S/C17H19N5O2S/c1-9-10(7-20-16-14(9)15(18)21-17(19)22-16)8-25-13-6-11(23-2)4-5-12(13)24-3/h4-7H,8H2,1-3H3,(H4,18,19,20,21,22). The number of nitrogens with two attached hydrogens (primary N) is 2. The first kappa shape index (κ1) is 17.1. The highest BCUT2D eigenvalue weighted by atomic mass is 32.2. The summed E-state index contributed by atoms with van der Waals surface area (Å²) in [5.41, 5.74) is 14.2. The Balaban J connectivity index is 1.93. The van der Waals surface area contributed by atoms with Crippen molar-refractivity contribution >= 4 is 34.6 Å². The summed E-state index contributed by atoms with van der Waals surface area (Å²) < 4.78 is 10.7. The molecule has 3 rings (SSSR count). The third-order valence-electron chi connectivity index (χ3n) is 3.89. The molecule has 130 valence electrons. The van der Waals surface area contributed by atoms with E-state index in [0.29, 0.717) is 17.2 Å². The van der Waals surface area contributed by atoms with Gasteiger partial charge in [0.25, 0.3) is 0 Å². The number of anilines is 2. The van der Waals surface area contributed by atoms with Crippen LogP contribution >= 0.6 is 11.8 Å². The van der Waals surface area contributed by atoms with E-state index in [9.17, 15) is 0 Å². The van der Waals surface area contributed by atoms with Crippen LogP contribution in [-0.4, -0.2) is 29.2 Å². The van der Waals surface area contributed by atoms with Crippen molar-refractivity contribution in [3.63, 3.8) is 0 Å². The largest absolute Gasteiger partial charge is 0.497 e. The SMILES string of the molecule is COc1ccc(OC)c(SCc2cnc3nc(N)nc(N)c3c2C)c1. The minimum Gasteiger partial charge on any atom is -0.497 e. The Bertz CT molecular complexity index is 933. The van der Waals surface area contributed by atoms with E-state index in [4.69, 9.17) is 20.9 Å². The van der Waals surface area contributed by atoms with Gasteiger partial charge in [-0.05, 0) is 36.2 Å². The zero-order valence-corrected chi connectivity index (χ0v) is 15.1. The number of fused-ring (bicyclic) bond motifs is 1. The Hall–Kier alpha value is -2.74. The van der Waals surface area contributed by atoms with Crippen LogP contribution in [0.4, 0.5) is 11.8 Å². The maximum absolute atomic E-state index is 6.00. The van der Waals surface area contributed by atoms with Crippen LogP contribution in [0.15, 0.2) is 29.3 Å². The molecule has 3 aromatic rings. The van der Waals surface area contributed by atoms with Crippen molar-refractivity contribution in [1.82, 2.24) is 15.0 Å². The van der Waals surface area contributed by atoms with E-state index in [2.05, 4.69) is 15.0 Å². The molecule has 0 unspecified atom stereocenters. The first-order valence-electron chi connectivity index (χ1n) is 7.55. The number of ether oxygens (including phenoxy) is 2. The van der Waals surface area contributed by atoms with Crippen molar-refractivity contribution in [3.05, 3.63) is 35.5 Å². The van der Waals surface area contributed by atoms with E-state index in [-0.39, 0.29) is 5.95 Å². The van der Waals surface area contributed by atoms with Crippen LogP contribution in [0.1, 0.15) is 11.1 Å². The van der Waals surface area contributed by atoms with Crippen molar-refractivity contribution in [3.8, 4) is 11.5 Å². The van der Waals surface area contributed by atoms with E-state index in [1.807, 2.05) is 25.1 Å². The topological polar surface area (TPSA) is 109 Å². The van der Waals surface area contributed by atoms with Gasteiger partial charge in [0.1, 0.15) is 17.3 Å². The molecule has 2 aromatic heterocycles. The predicted molar refractivity (Wildman–Crippen MR) is 100 cm³/mol. The molecule has 4 N–H and O–H groups in total. The fourth-order valence-electron chi connectivity index (χ4n) is 2.53. The third-order valence-corrected chi connectivity index (χ3v) is 4.97.